The monoisotopic (exact) mass is 358 g/mol. The molecule has 1 atom stereocenters. The van der Waals surface area contributed by atoms with E-state index in [2.05, 4.69) is 25.7 Å². The molecule has 10 heteroatoms. The summed E-state index contributed by atoms with van der Waals surface area (Å²) in [6.07, 6.45) is 3.51. The van der Waals surface area contributed by atoms with E-state index in [0.717, 1.165) is 0 Å². The molecular formula is C13H19ClN6O2S. The SMILES string of the molecule is CCC(C)S(=O)(=O)c1nn(C)cc1Nc1nc(NC)ncc1Cl. The topological polar surface area (TPSA) is 102 Å². The third-order valence-electron chi connectivity index (χ3n) is 3.39. The fourth-order valence-electron chi connectivity index (χ4n) is 1.88. The van der Waals surface area contributed by atoms with Gasteiger partial charge in [0, 0.05) is 20.3 Å². The van der Waals surface area contributed by atoms with Crippen LogP contribution in [0.4, 0.5) is 17.5 Å². The van der Waals surface area contributed by atoms with Crippen LogP contribution in [0.5, 0.6) is 0 Å². The average molecular weight is 359 g/mol. The summed E-state index contributed by atoms with van der Waals surface area (Å²) < 4.78 is 26.6. The molecule has 1 unspecified atom stereocenters. The number of hydrogen-bond donors (Lipinski definition) is 2. The summed E-state index contributed by atoms with van der Waals surface area (Å²) in [5.41, 5.74) is 0.329. The first-order valence-electron chi connectivity index (χ1n) is 7.04. The number of nitrogens with one attached hydrogen (secondary N) is 2. The molecule has 2 heterocycles. The lowest BCUT2D eigenvalue weighted by Gasteiger charge is -2.11. The highest BCUT2D eigenvalue weighted by atomic mass is 35.5. The van der Waals surface area contributed by atoms with Crippen molar-refractivity contribution in [2.75, 3.05) is 17.7 Å². The van der Waals surface area contributed by atoms with Crippen molar-refractivity contribution >= 4 is 38.9 Å². The largest absolute Gasteiger partial charge is 0.357 e. The number of hydrogen-bond acceptors (Lipinski definition) is 7. The maximum absolute atomic E-state index is 12.6. The predicted molar refractivity (Wildman–Crippen MR) is 90.0 cm³/mol. The third kappa shape index (κ3) is 3.56. The van der Waals surface area contributed by atoms with Crippen molar-refractivity contribution in [2.45, 2.75) is 30.5 Å². The quantitative estimate of drug-likeness (QED) is 0.816. The number of sulfone groups is 1. The van der Waals surface area contributed by atoms with E-state index in [1.165, 1.54) is 10.9 Å². The van der Waals surface area contributed by atoms with Crippen LogP contribution in [-0.4, -0.2) is 40.5 Å². The minimum absolute atomic E-state index is 0.0185. The Hall–Kier alpha value is -1.87. The van der Waals surface area contributed by atoms with E-state index in [1.807, 2.05) is 6.92 Å². The fraction of sp³-hybridized carbons (Fsp3) is 0.462. The highest BCUT2D eigenvalue weighted by Crippen LogP contribution is 2.29. The summed E-state index contributed by atoms with van der Waals surface area (Å²) in [7, 11) is -0.213. The Balaban J connectivity index is 2.47. The molecular weight excluding hydrogens is 340 g/mol. The van der Waals surface area contributed by atoms with Crippen molar-refractivity contribution in [1.29, 1.82) is 0 Å². The molecule has 2 aromatic rings. The highest BCUT2D eigenvalue weighted by Gasteiger charge is 2.28. The predicted octanol–water partition coefficient (Wildman–Crippen LogP) is 2.22. The second-order valence-corrected chi connectivity index (χ2v) is 7.74. The fourth-order valence-corrected chi connectivity index (χ4v) is 3.49. The van der Waals surface area contributed by atoms with Gasteiger partial charge in [-0.3, -0.25) is 4.68 Å². The van der Waals surface area contributed by atoms with Crippen molar-refractivity contribution in [1.82, 2.24) is 19.7 Å². The Bertz CT molecular complexity index is 805. The number of aryl methyl sites for hydroxylation is 1. The lowest BCUT2D eigenvalue weighted by atomic mass is 10.4. The molecule has 0 saturated heterocycles. The van der Waals surface area contributed by atoms with Crippen LogP contribution in [0, 0.1) is 0 Å². The Morgan fingerprint density at radius 2 is 2.13 bits per heavy atom. The van der Waals surface area contributed by atoms with E-state index in [-0.39, 0.29) is 10.0 Å². The van der Waals surface area contributed by atoms with Crippen LogP contribution in [0.2, 0.25) is 5.02 Å². The van der Waals surface area contributed by atoms with Crippen LogP contribution in [0.25, 0.3) is 0 Å². The zero-order valence-corrected chi connectivity index (χ0v) is 14.9. The second-order valence-electron chi connectivity index (χ2n) is 5.05. The Morgan fingerprint density at radius 1 is 1.43 bits per heavy atom. The lowest BCUT2D eigenvalue weighted by molar-refractivity contribution is 0.573. The first-order chi connectivity index (χ1) is 10.8. The average Bonchev–Trinajstić information content (AvgIpc) is 2.89. The molecule has 0 radical (unpaired) electrons. The summed E-state index contributed by atoms with van der Waals surface area (Å²) in [4.78, 5) is 8.17. The summed E-state index contributed by atoms with van der Waals surface area (Å²) in [5, 5.41) is 9.54. The van der Waals surface area contributed by atoms with E-state index in [9.17, 15) is 8.42 Å². The van der Waals surface area contributed by atoms with Crippen LogP contribution in [0.3, 0.4) is 0 Å². The van der Waals surface area contributed by atoms with E-state index in [0.29, 0.717) is 23.9 Å². The molecule has 0 bridgehead atoms. The standard InChI is InChI=1S/C13H19ClN6O2S/c1-5-8(2)23(21,22)12-10(7-20(4)19-12)17-11-9(14)6-16-13(15-3)18-11/h6-8H,5H2,1-4H3,(H2,15,16,17,18). The van der Waals surface area contributed by atoms with Gasteiger partial charge in [0.05, 0.1) is 17.1 Å². The molecule has 8 nitrogen and oxygen atoms in total. The summed E-state index contributed by atoms with van der Waals surface area (Å²) in [6.45, 7) is 3.48. The molecule has 0 amide bonds. The van der Waals surface area contributed by atoms with E-state index in [4.69, 9.17) is 11.6 Å². The molecule has 23 heavy (non-hydrogen) atoms. The van der Waals surface area contributed by atoms with Gasteiger partial charge in [-0.05, 0) is 13.3 Å². The number of aromatic nitrogens is 4. The molecule has 2 N–H and O–H groups in total. The van der Waals surface area contributed by atoms with Crippen molar-refractivity contribution in [2.24, 2.45) is 7.05 Å². The zero-order chi connectivity index (χ0) is 17.2. The van der Waals surface area contributed by atoms with Gasteiger partial charge in [0.1, 0.15) is 5.02 Å². The first kappa shape index (κ1) is 17.5. The van der Waals surface area contributed by atoms with Crippen LogP contribution in [-0.2, 0) is 16.9 Å². The minimum Gasteiger partial charge on any atom is -0.357 e. The molecule has 2 aromatic heterocycles. The normalized spacial score (nSPS) is 12.9. The molecule has 0 aliphatic carbocycles. The van der Waals surface area contributed by atoms with Gasteiger partial charge in [0.25, 0.3) is 0 Å². The molecule has 0 aliphatic heterocycles. The van der Waals surface area contributed by atoms with Crippen LogP contribution >= 0.6 is 11.6 Å². The molecule has 0 saturated carbocycles. The van der Waals surface area contributed by atoms with Crippen molar-refractivity contribution in [3.05, 3.63) is 17.4 Å². The van der Waals surface area contributed by atoms with Gasteiger partial charge in [0.2, 0.25) is 20.8 Å². The number of nitrogens with zero attached hydrogens (tertiary/aromatic N) is 4. The maximum Gasteiger partial charge on any atom is 0.224 e. The number of anilines is 3. The van der Waals surface area contributed by atoms with E-state index in [1.54, 1.807) is 27.2 Å². The minimum atomic E-state index is -3.54. The van der Waals surface area contributed by atoms with E-state index >= 15 is 0 Å². The number of halogens is 1. The van der Waals surface area contributed by atoms with Gasteiger partial charge in [-0.25, -0.2) is 13.4 Å². The van der Waals surface area contributed by atoms with Gasteiger partial charge in [-0.15, -0.1) is 0 Å². The van der Waals surface area contributed by atoms with Crippen LogP contribution < -0.4 is 10.6 Å². The van der Waals surface area contributed by atoms with Crippen LogP contribution in [0.1, 0.15) is 20.3 Å². The van der Waals surface area contributed by atoms with Gasteiger partial charge in [0.15, 0.2) is 5.82 Å². The first-order valence-corrected chi connectivity index (χ1v) is 8.96. The van der Waals surface area contributed by atoms with Crippen LogP contribution in [0.15, 0.2) is 17.4 Å². The Labute approximate surface area is 140 Å². The van der Waals surface area contributed by atoms with Crippen molar-refractivity contribution in [3.63, 3.8) is 0 Å². The van der Waals surface area contributed by atoms with Crippen molar-refractivity contribution < 1.29 is 8.42 Å². The third-order valence-corrected chi connectivity index (χ3v) is 5.90. The second kappa shape index (κ2) is 6.71. The van der Waals surface area contributed by atoms with Gasteiger partial charge in [-0.1, -0.05) is 18.5 Å². The summed E-state index contributed by atoms with van der Waals surface area (Å²) >= 11 is 6.07. The van der Waals surface area contributed by atoms with Gasteiger partial charge in [-0.2, -0.15) is 10.1 Å². The molecule has 0 aromatic carbocycles. The Morgan fingerprint density at radius 3 is 2.74 bits per heavy atom. The summed E-state index contributed by atoms with van der Waals surface area (Å²) in [5.74, 6) is 0.673. The molecule has 0 spiro atoms. The number of rotatable bonds is 6. The highest BCUT2D eigenvalue weighted by molar-refractivity contribution is 7.92. The molecule has 126 valence electrons. The smallest absolute Gasteiger partial charge is 0.224 e. The van der Waals surface area contributed by atoms with Gasteiger partial charge < -0.3 is 10.6 Å². The van der Waals surface area contributed by atoms with Gasteiger partial charge >= 0.3 is 0 Å². The van der Waals surface area contributed by atoms with Crippen molar-refractivity contribution in [3.8, 4) is 0 Å². The molecule has 0 fully saturated rings. The molecule has 0 aliphatic rings. The van der Waals surface area contributed by atoms with E-state index < -0.39 is 15.1 Å². The lowest BCUT2D eigenvalue weighted by Crippen LogP contribution is -2.18. The Kier molecular flexibility index (Phi) is 5.10. The maximum atomic E-state index is 12.6. The summed E-state index contributed by atoms with van der Waals surface area (Å²) in [6, 6.07) is 0. The molecule has 2 rings (SSSR count). The zero-order valence-electron chi connectivity index (χ0n) is 13.3.